The lowest BCUT2D eigenvalue weighted by molar-refractivity contribution is 0.103. The van der Waals surface area contributed by atoms with Crippen molar-refractivity contribution in [1.82, 2.24) is 4.98 Å². The van der Waals surface area contributed by atoms with Gasteiger partial charge >= 0.3 is 0 Å². The predicted octanol–water partition coefficient (Wildman–Crippen LogP) is 3.03. The lowest BCUT2D eigenvalue weighted by atomic mass is 10.0. The molecule has 0 radical (unpaired) electrons. The van der Waals surface area contributed by atoms with Crippen LogP contribution in [0.3, 0.4) is 0 Å². The van der Waals surface area contributed by atoms with E-state index in [-0.39, 0.29) is 5.78 Å². The number of pyridine rings is 1. The van der Waals surface area contributed by atoms with Crippen molar-refractivity contribution in [3.63, 3.8) is 0 Å². The van der Waals surface area contributed by atoms with Crippen LogP contribution in [0.5, 0.6) is 0 Å². The molecule has 0 aliphatic carbocycles. The van der Waals surface area contributed by atoms with Gasteiger partial charge < -0.3 is 4.90 Å². The molecule has 0 aliphatic heterocycles. The molecule has 0 atom stereocenters. The predicted molar refractivity (Wildman–Crippen MR) is 73.4 cm³/mol. The summed E-state index contributed by atoms with van der Waals surface area (Å²) < 4.78 is 0. The van der Waals surface area contributed by atoms with E-state index in [2.05, 4.69) is 4.98 Å². The highest BCUT2D eigenvalue weighted by molar-refractivity contribution is 6.30. The third kappa shape index (κ3) is 2.68. The lowest BCUT2D eigenvalue weighted by Crippen LogP contribution is -2.09. The van der Waals surface area contributed by atoms with Gasteiger partial charge in [0, 0.05) is 37.1 Å². The molecule has 1 aromatic heterocycles. The largest absolute Gasteiger partial charge is 0.378 e. The molecular weight excluding hydrogens is 248 g/mol. The van der Waals surface area contributed by atoms with Crippen LogP contribution >= 0.6 is 11.6 Å². The zero-order chi connectivity index (χ0) is 13.1. The van der Waals surface area contributed by atoms with Crippen LogP contribution in [0.15, 0.2) is 42.6 Å². The summed E-state index contributed by atoms with van der Waals surface area (Å²) >= 11 is 5.77. The molecule has 18 heavy (non-hydrogen) atoms. The Kier molecular flexibility index (Phi) is 3.63. The highest BCUT2D eigenvalue weighted by atomic mass is 35.5. The second-order valence-electron chi connectivity index (χ2n) is 4.14. The SMILES string of the molecule is CN(C)c1ccc(C(=O)c2ccnc(Cl)c2)cc1. The fraction of sp³-hybridized carbons (Fsp3) is 0.143. The Hall–Kier alpha value is -1.87. The van der Waals surface area contributed by atoms with Crippen LogP contribution < -0.4 is 4.90 Å². The first-order valence-electron chi connectivity index (χ1n) is 5.51. The zero-order valence-electron chi connectivity index (χ0n) is 10.2. The average Bonchev–Trinajstić information content (AvgIpc) is 2.38. The lowest BCUT2D eigenvalue weighted by Gasteiger charge is -2.12. The summed E-state index contributed by atoms with van der Waals surface area (Å²) in [5.41, 5.74) is 2.25. The van der Waals surface area contributed by atoms with Crippen LogP contribution in [0, 0.1) is 0 Å². The number of carbonyl (C=O) groups excluding carboxylic acids is 1. The topological polar surface area (TPSA) is 33.2 Å². The van der Waals surface area contributed by atoms with Gasteiger partial charge in [-0.3, -0.25) is 4.79 Å². The Bertz CT molecular complexity index is 564. The summed E-state index contributed by atoms with van der Waals surface area (Å²) in [5, 5.41) is 0.325. The van der Waals surface area contributed by atoms with E-state index in [0.717, 1.165) is 5.69 Å². The molecule has 0 aliphatic rings. The van der Waals surface area contributed by atoms with Crippen molar-refractivity contribution in [2.24, 2.45) is 0 Å². The number of anilines is 1. The van der Waals surface area contributed by atoms with E-state index in [1.807, 2.05) is 43.3 Å². The van der Waals surface area contributed by atoms with Crippen molar-refractivity contribution in [2.75, 3.05) is 19.0 Å². The van der Waals surface area contributed by atoms with E-state index < -0.39 is 0 Å². The second kappa shape index (κ2) is 5.19. The van der Waals surface area contributed by atoms with Gasteiger partial charge in [0.25, 0.3) is 0 Å². The number of nitrogens with zero attached hydrogens (tertiary/aromatic N) is 2. The first kappa shape index (κ1) is 12.6. The van der Waals surface area contributed by atoms with Gasteiger partial charge in [0.15, 0.2) is 5.78 Å². The molecule has 0 spiro atoms. The number of halogens is 1. The van der Waals surface area contributed by atoms with E-state index in [0.29, 0.717) is 16.3 Å². The molecule has 3 nitrogen and oxygen atoms in total. The smallest absolute Gasteiger partial charge is 0.193 e. The minimum Gasteiger partial charge on any atom is -0.378 e. The highest BCUT2D eigenvalue weighted by Gasteiger charge is 2.09. The Balaban J connectivity index is 2.29. The molecule has 92 valence electrons. The van der Waals surface area contributed by atoms with Gasteiger partial charge in [-0.1, -0.05) is 11.6 Å². The number of carbonyl (C=O) groups is 1. The molecule has 0 amide bonds. The molecule has 1 heterocycles. The molecule has 4 heteroatoms. The normalized spacial score (nSPS) is 10.2. The summed E-state index contributed by atoms with van der Waals surface area (Å²) in [6.07, 6.45) is 1.53. The average molecular weight is 261 g/mol. The van der Waals surface area contributed by atoms with Crippen LogP contribution in [-0.2, 0) is 0 Å². The fourth-order valence-electron chi connectivity index (χ4n) is 1.62. The van der Waals surface area contributed by atoms with Gasteiger partial charge in [-0.2, -0.15) is 0 Å². The fourth-order valence-corrected chi connectivity index (χ4v) is 1.80. The molecule has 1 aromatic carbocycles. The van der Waals surface area contributed by atoms with E-state index in [1.54, 1.807) is 12.1 Å². The number of ketones is 1. The molecule has 0 unspecified atom stereocenters. The number of aromatic nitrogens is 1. The van der Waals surface area contributed by atoms with E-state index >= 15 is 0 Å². The van der Waals surface area contributed by atoms with Gasteiger partial charge in [-0.05, 0) is 36.4 Å². The van der Waals surface area contributed by atoms with Crippen LogP contribution in [0.25, 0.3) is 0 Å². The molecule has 0 fully saturated rings. The van der Waals surface area contributed by atoms with Crippen molar-refractivity contribution in [1.29, 1.82) is 0 Å². The Labute approximate surface area is 111 Å². The van der Waals surface area contributed by atoms with Crippen LogP contribution in [0.2, 0.25) is 5.15 Å². The van der Waals surface area contributed by atoms with Gasteiger partial charge in [0.05, 0.1) is 0 Å². The number of hydrogen-bond donors (Lipinski definition) is 0. The Morgan fingerprint density at radius 1 is 1.11 bits per heavy atom. The van der Waals surface area contributed by atoms with Gasteiger partial charge in [-0.15, -0.1) is 0 Å². The summed E-state index contributed by atoms with van der Waals surface area (Å²) in [6, 6.07) is 10.7. The quantitative estimate of drug-likeness (QED) is 0.628. The first-order chi connectivity index (χ1) is 8.58. The Morgan fingerprint density at radius 3 is 2.33 bits per heavy atom. The van der Waals surface area contributed by atoms with E-state index in [1.165, 1.54) is 6.20 Å². The van der Waals surface area contributed by atoms with Gasteiger partial charge in [-0.25, -0.2) is 4.98 Å². The number of hydrogen-bond acceptors (Lipinski definition) is 3. The summed E-state index contributed by atoms with van der Waals surface area (Å²) in [6.45, 7) is 0. The molecule has 0 saturated carbocycles. The van der Waals surface area contributed by atoms with Crippen LogP contribution in [0.1, 0.15) is 15.9 Å². The molecule has 0 saturated heterocycles. The molecule has 0 N–H and O–H groups in total. The molecule has 0 bridgehead atoms. The van der Waals surface area contributed by atoms with Gasteiger partial charge in [0.2, 0.25) is 0 Å². The minimum atomic E-state index is -0.0513. The Morgan fingerprint density at radius 2 is 1.78 bits per heavy atom. The summed E-state index contributed by atoms with van der Waals surface area (Å²) in [7, 11) is 3.92. The minimum absolute atomic E-state index is 0.0513. The molecule has 2 aromatic rings. The molecular formula is C14H13ClN2O. The number of benzene rings is 1. The zero-order valence-corrected chi connectivity index (χ0v) is 11.0. The van der Waals surface area contributed by atoms with E-state index in [9.17, 15) is 4.79 Å². The third-order valence-electron chi connectivity index (χ3n) is 2.63. The van der Waals surface area contributed by atoms with Crippen LogP contribution in [-0.4, -0.2) is 24.9 Å². The van der Waals surface area contributed by atoms with Crippen molar-refractivity contribution in [2.45, 2.75) is 0 Å². The van der Waals surface area contributed by atoms with E-state index in [4.69, 9.17) is 11.6 Å². The number of rotatable bonds is 3. The maximum absolute atomic E-state index is 12.2. The van der Waals surface area contributed by atoms with Gasteiger partial charge in [0.1, 0.15) is 5.15 Å². The van der Waals surface area contributed by atoms with Crippen molar-refractivity contribution < 1.29 is 4.79 Å². The standard InChI is InChI=1S/C14H13ClN2O/c1-17(2)12-5-3-10(4-6-12)14(18)11-7-8-16-13(15)9-11/h3-9H,1-2H3. The summed E-state index contributed by atoms with van der Waals surface area (Å²) in [4.78, 5) is 18.0. The molecule has 2 rings (SSSR count). The summed E-state index contributed by atoms with van der Waals surface area (Å²) in [5.74, 6) is -0.0513. The monoisotopic (exact) mass is 260 g/mol. The maximum Gasteiger partial charge on any atom is 0.193 e. The second-order valence-corrected chi connectivity index (χ2v) is 4.52. The van der Waals surface area contributed by atoms with Crippen molar-refractivity contribution >= 4 is 23.1 Å². The maximum atomic E-state index is 12.2. The third-order valence-corrected chi connectivity index (χ3v) is 2.84. The first-order valence-corrected chi connectivity index (χ1v) is 5.89. The van der Waals surface area contributed by atoms with Crippen LogP contribution in [0.4, 0.5) is 5.69 Å². The van der Waals surface area contributed by atoms with Crippen molar-refractivity contribution in [3.05, 3.63) is 58.9 Å². The van der Waals surface area contributed by atoms with Crippen molar-refractivity contribution in [3.8, 4) is 0 Å². The highest BCUT2D eigenvalue weighted by Crippen LogP contribution is 2.16.